The highest BCUT2D eigenvalue weighted by atomic mass is 19.1. The summed E-state index contributed by atoms with van der Waals surface area (Å²) in [6.07, 6.45) is -0.956. The molecular weight excluding hydrogens is 205 g/mol. The van der Waals surface area contributed by atoms with Gasteiger partial charge >= 0.3 is 0 Å². The lowest BCUT2D eigenvalue weighted by Gasteiger charge is -2.22. The van der Waals surface area contributed by atoms with Crippen LogP contribution in [0.3, 0.4) is 0 Å². The number of hydrogen-bond donors (Lipinski definition) is 2. The second-order valence-corrected chi connectivity index (χ2v) is 5.29. The van der Waals surface area contributed by atoms with Crippen molar-refractivity contribution in [2.75, 3.05) is 0 Å². The van der Waals surface area contributed by atoms with E-state index >= 15 is 0 Å². The number of halogens is 1. The van der Waals surface area contributed by atoms with Crippen molar-refractivity contribution in [3.8, 4) is 0 Å². The Hall–Kier alpha value is -0.930. The minimum absolute atomic E-state index is 0.0694. The molecule has 2 nitrogen and oxygen atoms in total. The number of aliphatic hydroxyl groups excluding tert-OH is 1. The van der Waals surface area contributed by atoms with Crippen molar-refractivity contribution in [2.24, 2.45) is 5.73 Å². The molecule has 0 spiro atoms. The lowest BCUT2D eigenvalue weighted by Crippen LogP contribution is -2.25. The first-order chi connectivity index (χ1) is 7.23. The molecule has 0 aliphatic rings. The number of aliphatic hydroxyl groups is 1. The van der Waals surface area contributed by atoms with Gasteiger partial charge in [-0.05, 0) is 30.0 Å². The van der Waals surface area contributed by atoms with Gasteiger partial charge in [0.25, 0.3) is 0 Å². The van der Waals surface area contributed by atoms with Crippen LogP contribution in [0.2, 0.25) is 0 Å². The summed E-state index contributed by atoms with van der Waals surface area (Å²) in [5.74, 6) is -0.405. The predicted octanol–water partition coefficient (Wildman–Crippen LogP) is 2.50. The minimum atomic E-state index is -0.956. The van der Waals surface area contributed by atoms with Gasteiger partial charge in [-0.2, -0.15) is 0 Å². The van der Waals surface area contributed by atoms with Gasteiger partial charge in [-0.15, -0.1) is 0 Å². The molecule has 0 saturated carbocycles. The predicted molar refractivity (Wildman–Crippen MR) is 63.7 cm³/mol. The maximum Gasteiger partial charge on any atom is 0.129 e. The topological polar surface area (TPSA) is 46.2 Å². The molecule has 3 heteroatoms. The number of hydrogen-bond acceptors (Lipinski definition) is 2. The third-order valence-corrected chi connectivity index (χ3v) is 2.68. The van der Waals surface area contributed by atoms with Crippen LogP contribution in [0.4, 0.5) is 4.39 Å². The molecule has 1 aromatic carbocycles. The lowest BCUT2D eigenvalue weighted by atomic mass is 9.85. The van der Waals surface area contributed by atoms with Crippen LogP contribution < -0.4 is 5.73 Å². The third kappa shape index (κ3) is 2.80. The Morgan fingerprint density at radius 1 is 1.31 bits per heavy atom. The molecule has 0 radical (unpaired) electrons. The summed E-state index contributed by atoms with van der Waals surface area (Å²) in [6.45, 7) is 7.79. The summed E-state index contributed by atoms with van der Waals surface area (Å²) in [7, 11) is 0. The maximum atomic E-state index is 13.6. The van der Waals surface area contributed by atoms with Gasteiger partial charge in [0.05, 0.1) is 6.10 Å². The van der Waals surface area contributed by atoms with E-state index in [1.807, 2.05) is 20.8 Å². The van der Waals surface area contributed by atoms with Crippen molar-refractivity contribution in [3.63, 3.8) is 0 Å². The second-order valence-electron chi connectivity index (χ2n) is 5.29. The summed E-state index contributed by atoms with van der Waals surface area (Å²) in [5, 5.41) is 9.80. The molecule has 1 rings (SSSR count). The molecule has 2 atom stereocenters. The Balaban J connectivity index is 3.19. The molecule has 0 unspecified atom stereocenters. The fraction of sp³-hybridized carbons (Fsp3) is 0.538. The Labute approximate surface area is 96.3 Å². The van der Waals surface area contributed by atoms with Crippen LogP contribution in [0.1, 0.15) is 44.9 Å². The van der Waals surface area contributed by atoms with Crippen molar-refractivity contribution in [1.82, 2.24) is 0 Å². The quantitative estimate of drug-likeness (QED) is 0.812. The molecule has 0 bridgehead atoms. The van der Waals surface area contributed by atoms with Gasteiger partial charge in [0.1, 0.15) is 5.82 Å². The van der Waals surface area contributed by atoms with E-state index in [0.717, 1.165) is 5.56 Å². The molecule has 0 heterocycles. The van der Waals surface area contributed by atoms with Crippen LogP contribution in [0.15, 0.2) is 18.2 Å². The normalized spacial score (nSPS) is 15.9. The van der Waals surface area contributed by atoms with Crippen molar-refractivity contribution in [3.05, 3.63) is 35.1 Å². The number of nitrogens with two attached hydrogens (primary N) is 1. The van der Waals surface area contributed by atoms with Gasteiger partial charge in [-0.25, -0.2) is 4.39 Å². The van der Waals surface area contributed by atoms with Crippen molar-refractivity contribution in [1.29, 1.82) is 0 Å². The summed E-state index contributed by atoms with van der Waals surface area (Å²) < 4.78 is 13.6. The van der Waals surface area contributed by atoms with E-state index in [9.17, 15) is 9.50 Å². The molecule has 16 heavy (non-hydrogen) atoms. The first kappa shape index (κ1) is 13.1. The standard InChI is InChI=1S/C13H20FNO/c1-8(15)12(16)10-7-9(13(2,3)4)5-6-11(10)14/h5-8,12,16H,15H2,1-4H3/t8-,12-/m0/s1. The molecule has 0 saturated heterocycles. The highest BCUT2D eigenvalue weighted by Gasteiger charge is 2.20. The van der Waals surface area contributed by atoms with E-state index in [-0.39, 0.29) is 11.0 Å². The van der Waals surface area contributed by atoms with Gasteiger partial charge in [0, 0.05) is 11.6 Å². The van der Waals surface area contributed by atoms with E-state index in [1.165, 1.54) is 6.07 Å². The molecule has 0 fully saturated rings. The average molecular weight is 225 g/mol. The third-order valence-electron chi connectivity index (χ3n) is 2.68. The van der Waals surface area contributed by atoms with Crippen LogP contribution in [0, 0.1) is 5.82 Å². The van der Waals surface area contributed by atoms with Crippen LogP contribution in [-0.4, -0.2) is 11.1 Å². The van der Waals surface area contributed by atoms with Gasteiger partial charge in [-0.3, -0.25) is 0 Å². The molecule has 3 N–H and O–H groups in total. The van der Waals surface area contributed by atoms with Crippen LogP contribution in [0.25, 0.3) is 0 Å². The summed E-state index contributed by atoms with van der Waals surface area (Å²) in [4.78, 5) is 0. The van der Waals surface area contributed by atoms with Gasteiger partial charge in [0.15, 0.2) is 0 Å². The minimum Gasteiger partial charge on any atom is -0.387 e. The highest BCUT2D eigenvalue weighted by molar-refractivity contribution is 5.31. The van der Waals surface area contributed by atoms with E-state index in [0.29, 0.717) is 0 Å². The Morgan fingerprint density at radius 2 is 1.88 bits per heavy atom. The highest BCUT2D eigenvalue weighted by Crippen LogP contribution is 2.27. The summed E-state index contributed by atoms with van der Waals surface area (Å²) in [5.41, 5.74) is 6.78. The van der Waals surface area contributed by atoms with Crippen molar-refractivity contribution < 1.29 is 9.50 Å². The first-order valence-corrected chi connectivity index (χ1v) is 5.47. The number of rotatable bonds is 2. The van der Waals surface area contributed by atoms with Crippen LogP contribution >= 0.6 is 0 Å². The largest absolute Gasteiger partial charge is 0.387 e. The molecule has 0 aliphatic carbocycles. The Morgan fingerprint density at radius 3 is 2.31 bits per heavy atom. The zero-order chi connectivity index (χ0) is 12.5. The lowest BCUT2D eigenvalue weighted by molar-refractivity contribution is 0.148. The fourth-order valence-corrected chi connectivity index (χ4v) is 1.52. The first-order valence-electron chi connectivity index (χ1n) is 5.47. The van der Waals surface area contributed by atoms with Crippen LogP contribution in [0.5, 0.6) is 0 Å². The van der Waals surface area contributed by atoms with E-state index in [1.54, 1.807) is 19.1 Å². The van der Waals surface area contributed by atoms with Crippen molar-refractivity contribution in [2.45, 2.75) is 45.3 Å². The SMILES string of the molecule is C[C@H](N)[C@H](O)c1cc(C(C)(C)C)ccc1F. The van der Waals surface area contributed by atoms with E-state index < -0.39 is 18.0 Å². The van der Waals surface area contributed by atoms with Gasteiger partial charge in [0.2, 0.25) is 0 Å². The molecule has 90 valence electrons. The monoisotopic (exact) mass is 225 g/mol. The summed E-state index contributed by atoms with van der Waals surface area (Å²) in [6, 6.07) is 4.35. The molecular formula is C13H20FNO. The molecule has 0 amide bonds. The van der Waals surface area contributed by atoms with Crippen molar-refractivity contribution >= 4 is 0 Å². The van der Waals surface area contributed by atoms with E-state index in [4.69, 9.17) is 5.73 Å². The molecule has 1 aromatic rings. The van der Waals surface area contributed by atoms with Crippen LogP contribution in [-0.2, 0) is 5.41 Å². The smallest absolute Gasteiger partial charge is 0.129 e. The average Bonchev–Trinajstić information content (AvgIpc) is 2.15. The fourth-order valence-electron chi connectivity index (χ4n) is 1.52. The number of benzene rings is 1. The van der Waals surface area contributed by atoms with Gasteiger partial charge in [-0.1, -0.05) is 26.8 Å². The van der Waals surface area contributed by atoms with Gasteiger partial charge < -0.3 is 10.8 Å². The zero-order valence-electron chi connectivity index (χ0n) is 10.3. The second kappa shape index (κ2) is 4.52. The molecule has 0 aromatic heterocycles. The van der Waals surface area contributed by atoms with E-state index in [2.05, 4.69) is 0 Å². The maximum absolute atomic E-state index is 13.6. The zero-order valence-corrected chi connectivity index (χ0v) is 10.3. The Bertz CT molecular complexity index is 369. The Kier molecular flexibility index (Phi) is 3.71. The summed E-state index contributed by atoms with van der Waals surface area (Å²) >= 11 is 0. The molecule has 0 aliphatic heterocycles.